The van der Waals surface area contributed by atoms with Crippen LogP contribution in [0.1, 0.15) is 51.5 Å². The Morgan fingerprint density at radius 1 is 1.37 bits per heavy atom. The molecule has 0 atom stereocenters. The molecule has 0 aliphatic heterocycles. The molecule has 0 unspecified atom stereocenters. The average Bonchev–Trinajstić information content (AvgIpc) is 3.11. The van der Waals surface area contributed by atoms with E-state index >= 15 is 0 Å². The SMILES string of the molecule is CC(C)(CN)CCCCN(Cc1ccsc1)C1CC1. The zero-order valence-electron chi connectivity index (χ0n) is 12.4. The Kier molecular flexibility index (Phi) is 5.43. The minimum Gasteiger partial charge on any atom is -0.330 e. The molecule has 1 fully saturated rings. The van der Waals surface area contributed by atoms with E-state index in [1.54, 1.807) is 0 Å². The molecule has 0 aromatic carbocycles. The van der Waals surface area contributed by atoms with Gasteiger partial charge in [0, 0.05) is 12.6 Å². The summed E-state index contributed by atoms with van der Waals surface area (Å²) in [6.45, 7) is 7.75. The number of hydrogen-bond acceptors (Lipinski definition) is 3. The van der Waals surface area contributed by atoms with Gasteiger partial charge in [-0.1, -0.05) is 20.3 Å². The highest BCUT2D eigenvalue weighted by Crippen LogP contribution is 2.29. The summed E-state index contributed by atoms with van der Waals surface area (Å²) in [5.41, 5.74) is 7.59. The normalized spacial score (nSPS) is 16.2. The Morgan fingerprint density at radius 2 is 2.16 bits per heavy atom. The molecular weight excluding hydrogens is 252 g/mol. The molecule has 1 heterocycles. The topological polar surface area (TPSA) is 29.3 Å². The highest BCUT2D eigenvalue weighted by atomic mass is 32.1. The van der Waals surface area contributed by atoms with Crippen LogP contribution in [0.4, 0.5) is 0 Å². The van der Waals surface area contributed by atoms with Crippen molar-refractivity contribution in [2.24, 2.45) is 11.1 Å². The smallest absolute Gasteiger partial charge is 0.0244 e. The number of unbranched alkanes of at least 4 members (excludes halogenated alkanes) is 1. The van der Waals surface area contributed by atoms with E-state index in [0.717, 1.165) is 19.1 Å². The van der Waals surface area contributed by atoms with Gasteiger partial charge in [-0.2, -0.15) is 11.3 Å². The van der Waals surface area contributed by atoms with Crippen molar-refractivity contribution in [2.75, 3.05) is 13.1 Å². The standard InChI is InChI=1S/C16H28N2S/c1-16(2,13-17)8-3-4-9-18(15-5-6-15)11-14-7-10-19-12-14/h7,10,12,15H,3-6,8-9,11,13,17H2,1-2H3. The van der Waals surface area contributed by atoms with Gasteiger partial charge in [-0.25, -0.2) is 0 Å². The van der Waals surface area contributed by atoms with Gasteiger partial charge in [0.15, 0.2) is 0 Å². The first kappa shape index (κ1) is 15.0. The summed E-state index contributed by atoms with van der Waals surface area (Å²) in [4.78, 5) is 2.68. The number of thiophene rings is 1. The first-order valence-corrected chi connectivity index (χ1v) is 8.50. The monoisotopic (exact) mass is 280 g/mol. The fourth-order valence-electron chi connectivity index (χ4n) is 2.47. The molecule has 1 aliphatic rings. The van der Waals surface area contributed by atoms with Crippen LogP contribution in [-0.2, 0) is 6.54 Å². The minimum absolute atomic E-state index is 0.317. The Morgan fingerprint density at radius 3 is 2.74 bits per heavy atom. The molecular formula is C16H28N2S. The van der Waals surface area contributed by atoms with E-state index in [0.29, 0.717) is 5.41 Å². The zero-order chi connectivity index (χ0) is 13.7. The molecule has 0 saturated heterocycles. The van der Waals surface area contributed by atoms with Crippen molar-refractivity contribution in [1.82, 2.24) is 4.90 Å². The van der Waals surface area contributed by atoms with Gasteiger partial charge in [-0.15, -0.1) is 0 Å². The summed E-state index contributed by atoms with van der Waals surface area (Å²) in [6.07, 6.45) is 6.67. The lowest BCUT2D eigenvalue weighted by molar-refractivity contribution is 0.239. The Hall–Kier alpha value is -0.380. The zero-order valence-corrected chi connectivity index (χ0v) is 13.2. The summed E-state index contributed by atoms with van der Waals surface area (Å²) in [5, 5.41) is 4.47. The predicted octanol–water partition coefficient (Wildman–Crippen LogP) is 3.87. The first-order valence-electron chi connectivity index (χ1n) is 7.56. The summed E-state index contributed by atoms with van der Waals surface area (Å²) in [6, 6.07) is 3.12. The van der Waals surface area contributed by atoms with Gasteiger partial charge in [-0.05, 0) is 66.6 Å². The Balaban J connectivity index is 1.69. The highest BCUT2D eigenvalue weighted by molar-refractivity contribution is 7.07. The van der Waals surface area contributed by atoms with Gasteiger partial charge in [0.2, 0.25) is 0 Å². The summed E-state index contributed by atoms with van der Waals surface area (Å²) in [5.74, 6) is 0. The molecule has 0 spiro atoms. The van der Waals surface area contributed by atoms with Crippen LogP contribution >= 0.6 is 11.3 Å². The van der Waals surface area contributed by atoms with E-state index in [2.05, 4.69) is 35.6 Å². The van der Waals surface area contributed by atoms with E-state index in [4.69, 9.17) is 5.73 Å². The van der Waals surface area contributed by atoms with Crippen LogP contribution < -0.4 is 5.73 Å². The van der Waals surface area contributed by atoms with Crippen LogP contribution in [0.25, 0.3) is 0 Å². The number of nitrogens with zero attached hydrogens (tertiary/aromatic N) is 1. The van der Waals surface area contributed by atoms with Gasteiger partial charge < -0.3 is 5.73 Å². The van der Waals surface area contributed by atoms with Gasteiger partial charge in [0.05, 0.1) is 0 Å². The van der Waals surface area contributed by atoms with E-state index in [9.17, 15) is 0 Å². The molecule has 2 nitrogen and oxygen atoms in total. The summed E-state index contributed by atoms with van der Waals surface area (Å²) in [7, 11) is 0. The van der Waals surface area contributed by atoms with Crippen molar-refractivity contribution < 1.29 is 0 Å². The van der Waals surface area contributed by atoms with E-state index in [1.165, 1.54) is 44.2 Å². The van der Waals surface area contributed by atoms with Crippen LogP contribution in [-0.4, -0.2) is 24.0 Å². The van der Waals surface area contributed by atoms with E-state index in [1.807, 2.05) is 11.3 Å². The second kappa shape index (κ2) is 6.87. The quantitative estimate of drug-likeness (QED) is 0.696. The second-order valence-corrected chi connectivity index (χ2v) is 7.44. The maximum atomic E-state index is 5.79. The third-order valence-electron chi connectivity index (χ3n) is 4.13. The van der Waals surface area contributed by atoms with E-state index in [-0.39, 0.29) is 0 Å². The van der Waals surface area contributed by atoms with Crippen molar-refractivity contribution in [3.8, 4) is 0 Å². The van der Waals surface area contributed by atoms with E-state index < -0.39 is 0 Å². The highest BCUT2D eigenvalue weighted by Gasteiger charge is 2.28. The Bertz CT molecular complexity index is 355. The van der Waals surface area contributed by atoms with Crippen LogP contribution in [0.15, 0.2) is 16.8 Å². The summed E-state index contributed by atoms with van der Waals surface area (Å²) >= 11 is 1.81. The molecule has 2 rings (SSSR count). The van der Waals surface area contributed by atoms with Crippen molar-refractivity contribution in [3.63, 3.8) is 0 Å². The van der Waals surface area contributed by atoms with Gasteiger partial charge in [0.1, 0.15) is 0 Å². The fraction of sp³-hybridized carbons (Fsp3) is 0.750. The van der Waals surface area contributed by atoms with Crippen molar-refractivity contribution in [3.05, 3.63) is 22.4 Å². The first-order chi connectivity index (χ1) is 9.11. The lowest BCUT2D eigenvalue weighted by Gasteiger charge is -2.24. The largest absolute Gasteiger partial charge is 0.330 e. The van der Waals surface area contributed by atoms with Gasteiger partial charge in [-0.3, -0.25) is 4.90 Å². The fourth-order valence-corrected chi connectivity index (χ4v) is 3.13. The molecule has 1 aromatic heterocycles. The lowest BCUT2D eigenvalue weighted by atomic mass is 9.87. The summed E-state index contributed by atoms with van der Waals surface area (Å²) < 4.78 is 0. The van der Waals surface area contributed by atoms with Gasteiger partial charge in [0.25, 0.3) is 0 Å². The van der Waals surface area contributed by atoms with Crippen molar-refractivity contribution in [2.45, 2.75) is 58.5 Å². The number of hydrogen-bond donors (Lipinski definition) is 1. The van der Waals surface area contributed by atoms with Crippen LogP contribution in [0, 0.1) is 5.41 Å². The molecule has 1 aliphatic carbocycles. The predicted molar refractivity (Wildman–Crippen MR) is 84.4 cm³/mol. The Labute approximate surface area is 122 Å². The van der Waals surface area contributed by atoms with Crippen LogP contribution in [0.3, 0.4) is 0 Å². The number of rotatable bonds is 9. The van der Waals surface area contributed by atoms with Gasteiger partial charge >= 0.3 is 0 Å². The molecule has 19 heavy (non-hydrogen) atoms. The minimum atomic E-state index is 0.317. The molecule has 0 amide bonds. The third-order valence-corrected chi connectivity index (χ3v) is 4.86. The van der Waals surface area contributed by atoms with Crippen molar-refractivity contribution >= 4 is 11.3 Å². The lowest BCUT2D eigenvalue weighted by Crippen LogP contribution is -2.27. The number of nitrogens with two attached hydrogens (primary N) is 1. The maximum absolute atomic E-state index is 5.79. The maximum Gasteiger partial charge on any atom is 0.0244 e. The molecule has 1 aromatic rings. The molecule has 3 heteroatoms. The molecule has 2 N–H and O–H groups in total. The third kappa shape index (κ3) is 5.25. The molecule has 0 bridgehead atoms. The van der Waals surface area contributed by atoms with Crippen LogP contribution in [0.2, 0.25) is 0 Å². The van der Waals surface area contributed by atoms with Crippen LogP contribution in [0.5, 0.6) is 0 Å². The molecule has 108 valence electrons. The average molecular weight is 280 g/mol. The second-order valence-electron chi connectivity index (χ2n) is 6.66. The molecule has 1 saturated carbocycles. The van der Waals surface area contributed by atoms with Crippen molar-refractivity contribution in [1.29, 1.82) is 0 Å². The molecule has 0 radical (unpaired) electrons.